The van der Waals surface area contributed by atoms with Gasteiger partial charge in [-0.2, -0.15) is 5.10 Å². The minimum atomic E-state index is -0.164. The molecule has 7 heteroatoms. The highest BCUT2D eigenvalue weighted by atomic mass is 35.5. The lowest BCUT2D eigenvalue weighted by molar-refractivity contribution is 0.102. The van der Waals surface area contributed by atoms with E-state index in [0.717, 1.165) is 37.3 Å². The van der Waals surface area contributed by atoms with E-state index in [9.17, 15) is 4.79 Å². The van der Waals surface area contributed by atoms with Crippen molar-refractivity contribution in [2.75, 3.05) is 25.5 Å². The van der Waals surface area contributed by atoms with Crippen LogP contribution in [0.5, 0.6) is 5.75 Å². The van der Waals surface area contributed by atoms with E-state index in [1.54, 1.807) is 13.3 Å². The molecule has 3 aromatic rings. The Morgan fingerprint density at radius 1 is 1.13 bits per heavy atom. The Morgan fingerprint density at radius 2 is 1.87 bits per heavy atom. The van der Waals surface area contributed by atoms with Gasteiger partial charge in [0, 0.05) is 5.92 Å². The molecule has 0 unspecified atom stereocenters. The molecular weight excluding hydrogens is 412 g/mol. The lowest BCUT2D eigenvalue weighted by atomic mass is 9.91. The molecule has 2 heterocycles. The first-order valence-corrected chi connectivity index (χ1v) is 10.4. The fourth-order valence-corrected chi connectivity index (χ4v) is 4.02. The maximum atomic E-state index is 13.3. The first-order valence-electron chi connectivity index (χ1n) is 10.4. The van der Waals surface area contributed by atoms with Crippen molar-refractivity contribution in [1.82, 2.24) is 15.1 Å². The number of amides is 1. The Hall–Kier alpha value is -2.83. The highest BCUT2D eigenvalue weighted by Crippen LogP contribution is 2.32. The third kappa shape index (κ3) is 4.75. The highest BCUT2D eigenvalue weighted by Gasteiger charge is 2.27. The maximum absolute atomic E-state index is 13.3. The molecular formula is C24H29ClN4O2. The third-order valence-electron chi connectivity index (χ3n) is 5.87. The molecule has 1 aliphatic rings. The molecule has 1 fully saturated rings. The Balaban J connectivity index is 0.00000272. The van der Waals surface area contributed by atoms with Gasteiger partial charge in [0.1, 0.15) is 5.75 Å². The summed E-state index contributed by atoms with van der Waals surface area (Å²) in [5.41, 5.74) is 5.68. The average Bonchev–Trinajstić information content (AvgIpc) is 3.22. The van der Waals surface area contributed by atoms with Gasteiger partial charge in [-0.15, -0.1) is 12.4 Å². The number of carbonyl (C=O) groups is 1. The molecule has 1 saturated heterocycles. The molecule has 4 rings (SSSR count). The van der Waals surface area contributed by atoms with E-state index in [1.165, 1.54) is 11.1 Å². The number of aromatic nitrogens is 2. The summed E-state index contributed by atoms with van der Waals surface area (Å²) in [6, 6.07) is 13.7. The van der Waals surface area contributed by atoms with Crippen molar-refractivity contribution in [3.8, 4) is 11.4 Å². The van der Waals surface area contributed by atoms with Gasteiger partial charge < -0.3 is 15.4 Å². The van der Waals surface area contributed by atoms with E-state index in [4.69, 9.17) is 4.74 Å². The van der Waals surface area contributed by atoms with Gasteiger partial charge in [-0.1, -0.05) is 18.2 Å². The second-order valence-electron chi connectivity index (χ2n) is 7.80. The Labute approximate surface area is 189 Å². The lowest BCUT2D eigenvalue weighted by Crippen LogP contribution is -2.29. The number of ether oxygens (including phenoxy) is 1. The molecule has 6 nitrogen and oxygen atoms in total. The van der Waals surface area contributed by atoms with Gasteiger partial charge in [-0.25, -0.2) is 4.68 Å². The van der Waals surface area contributed by atoms with Crippen LogP contribution in [0.1, 0.15) is 45.9 Å². The van der Waals surface area contributed by atoms with Crippen molar-refractivity contribution in [1.29, 1.82) is 0 Å². The monoisotopic (exact) mass is 440 g/mol. The van der Waals surface area contributed by atoms with Gasteiger partial charge in [0.2, 0.25) is 0 Å². The SMILES string of the molecule is COc1ccccc1NC(=O)c1cnn(-c2ccc(C)c(C)c2)c1C1CCNCC1.Cl. The maximum Gasteiger partial charge on any atom is 0.259 e. The van der Waals surface area contributed by atoms with Crippen molar-refractivity contribution in [2.45, 2.75) is 32.6 Å². The van der Waals surface area contributed by atoms with Gasteiger partial charge in [0.15, 0.2) is 0 Å². The van der Waals surface area contributed by atoms with Gasteiger partial charge in [-0.3, -0.25) is 4.79 Å². The van der Waals surface area contributed by atoms with Crippen LogP contribution in [0.3, 0.4) is 0 Å². The molecule has 0 aliphatic carbocycles. The van der Waals surface area contributed by atoms with E-state index in [-0.39, 0.29) is 24.2 Å². The summed E-state index contributed by atoms with van der Waals surface area (Å²) in [5, 5.41) is 11.1. The molecule has 1 amide bonds. The largest absolute Gasteiger partial charge is 0.495 e. The molecule has 2 aromatic carbocycles. The number of nitrogens with zero attached hydrogens (tertiary/aromatic N) is 2. The van der Waals surface area contributed by atoms with E-state index < -0.39 is 0 Å². The highest BCUT2D eigenvalue weighted by molar-refractivity contribution is 6.05. The first-order chi connectivity index (χ1) is 14.6. The molecule has 0 spiro atoms. The summed E-state index contributed by atoms with van der Waals surface area (Å²) in [6.07, 6.45) is 3.65. The molecule has 31 heavy (non-hydrogen) atoms. The number of hydrogen-bond donors (Lipinski definition) is 2. The zero-order valence-electron chi connectivity index (χ0n) is 18.1. The normalized spacial score (nSPS) is 14.0. The quantitative estimate of drug-likeness (QED) is 0.606. The van der Waals surface area contributed by atoms with Crippen LogP contribution in [0.4, 0.5) is 5.69 Å². The van der Waals surface area contributed by atoms with Crippen molar-refractivity contribution < 1.29 is 9.53 Å². The van der Waals surface area contributed by atoms with Crippen molar-refractivity contribution in [3.05, 3.63) is 71.0 Å². The van der Waals surface area contributed by atoms with Crippen LogP contribution in [0, 0.1) is 13.8 Å². The smallest absolute Gasteiger partial charge is 0.259 e. The van der Waals surface area contributed by atoms with Crippen LogP contribution in [-0.2, 0) is 0 Å². The number of aryl methyl sites for hydroxylation is 2. The summed E-state index contributed by atoms with van der Waals surface area (Å²) in [7, 11) is 1.60. The molecule has 0 atom stereocenters. The molecule has 2 N–H and O–H groups in total. The number of halogens is 1. The summed E-state index contributed by atoms with van der Waals surface area (Å²) < 4.78 is 7.33. The van der Waals surface area contributed by atoms with Crippen LogP contribution in [0.2, 0.25) is 0 Å². The molecule has 0 radical (unpaired) electrons. The number of nitrogens with one attached hydrogen (secondary N) is 2. The van der Waals surface area contributed by atoms with E-state index in [1.807, 2.05) is 28.9 Å². The van der Waals surface area contributed by atoms with E-state index in [2.05, 4.69) is 47.8 Å². The minimum Gasteiger partial charge on any atom is -0.495 e. The Morgan fingerprint density at radius 3 is 2.58 bits per heavy atom. The number of para-hydroxylation sites is 2. The molecule has 1 aromatic heterocycles. The zero-order valence-corrected chi connectivity index (χ0v) is 19.0. The van der Waals surface area contributed by atoms with Crippen molar-refractivity contribution >= 4 is 24.0 Å². The predicted molar refractivity (Wildman–Crippen MR) is 126 cm³/mol. The zero-order chi connectivity index (χ0) is 21.1. The Bertz CT molecular complexity index is 1060. The topological polar surface area (TPSA) is 68.2 Å². The van der Waals surface area contributed by atoms with Crippen LogP contribution in [0.15, 0.2) is 48.7 Å². The summed E-state index contributed by atoms with van der Waals surface area (Å²) in [6.45, 7) is 6.08. The lowest BCUT2D eigenvalue weighted by Gasteiger charge is -2.25. The Kier molecular flexibility index (Phi) is 7.36. The van der Waals surface area contributed by atoms with Crippen LogP contribution in [-0.4, -0.2) is 35.9 Å². The van der Waals surface area contributed by atoms with Crippen LogP contribution >= 0.6 is 12.4 Å². The van der Waals surface area contributed by atoms with E-state index in [0.29, 0.717) is 17.0 Å². The van der Waals surface area contributed by atoms with E-state index >= 15 is 0 Å². The third-order valence-corrected chi connectivity index (χ3v) is 5.87. The summed E-state index contributed by atoms with van der Waals surface area (Å²) in [4.78, 5) is 13.3. The molecule has 164 valence electrons. The van der Waals surface area contributed by atoms with Crippen LogP contribution < -0.4 is 15.4 Å². The number of rotatable bonds is 5. The fourth-order valence-electron chi connectivity index (χ4n) is 4.02. The molecule has 1 aliphatic heterocycles. The molecule has 0 bridgehead atoms. The van der Waals surface area contributed by atoms with Crippen molar-refractivity contribution in [2.24, 2.45) is 0 Å². The number of benzene rings is 2. The number of hydrogen-bond acceptors (Lipinski definition) is 4. The minimum absolute atomic E-state index is 0. The molecule has 0 saturated carbocycles. The summed E-state index contributed by atoms with van der Waals surface area (Å²) >= 11 is 0. The first kappa shape index (κ1) is 22.8. The number of anilines is 1. The van der Waals surface area contributed by atoms with Gasteiger partial charge in [-0.05, 0) is 75.2 Å². The predicted octanol–water partition coefficient (Wildman–Crippen LogP) is 4.64. The number of carbonyl (C=O) groups excluding carboxylic acids is 1. The van der Waals surface area contributed by atoms with Crippen molar-refractivity contribution in [3.63, 3.8) is 0 Å². The average molecular weight is 441 g/mol. The number of piperidine rings is 1. The second kappa shape index (κ2) is 9.98. The number of methoxy groups -OCH3 is 1. The summed E-state index contributed by atoms with van der Waals surface area (Å²) in [5.74, 6) is 0.743. The van der Waals surface area contributed by atoms with Gasteiger partial charge in [0.25, 0.3) is 5.91 Å². The second-order valence-corrected chi connectivity index (χ2v) is 7.80. The standard InChI is InChI=1S/C24H28N4O2.ClH/c1-16-8-9-19(14-17(16)2)28-23(18-10-12-25-13-11-18)20(15-26-28)24(29)27-21-6-4-5-7-22(21)30-3;/h4-9,14-15,18,25H,10-13H2,1-3H3,(H,27,29);1H. The van der Waals surface area contributed by atoms with Gasteiger partial charge >= 0.3 is 0 Å². The van der Waals surface area contributed by atoms with Gasteiger partial charge in [0.05, 0.1) is 35.9 Å². The van der Waals surface area contributed by atoms with Crippen LogP contribution in [0.25, 0.3) is 5.69 Å². The fraction of sp³-hybridized carbons (Fsp3) is 0.333.